The molecule has 94 valence electrons. The highest BCUT2D eigenvalue weighted by Gasteiger charge is 2.33. The first-order valence-electron chi connectivity index (χ1n) is 6.62. The number of carbonyl (C=O) groups excluding carboxylic acids is 1. The fourth-order valence-corrected chi connectivity index (χ4v) is 2.95. The van der Waals surface area contributed by atoms with Crippen molar-refractivity contribution in [2.24, 2.45) is 23.7 Å². The van der Waals surface area contributed by atoms with Crippen LogP contribution in [0.25, 0.3) is 0 Å². The van der Waals surface area contributed by atoms with E-state index in [9.17, 15) is 4.79 Å². The monoisotopic (exact) mass is 226 g/mol. The van der Waals surface area contributed by atoms with Gasteiger partial charge in [-0.05, 0) is 50.9 Å². The number of rotatable bonds is 3. The number of hydrogen-bond acceptors (Lipinski definition) is 2. The molecule has 1 aliphatic carbocycles. The van der Waals surface area contributed by atoms with Gasteiger partial charge in [0.1, 0.15) is 0 Å². The van der Waals surface area contributed by atoms with Crippen LogP contribution in [0.1, 0.15) is 53.9 Å². The maximum atomic E-state index is 11.8. The van der Waals surface area contributed by atoms with E-state index in [0.717, 1.165) is 24.7 Å². The molecule has 1 fully saturated rings. The van der Waals surface area contributed by atoms with Crippen molar-refractivity contribution >= 4 is 5.97 Å². The average molecular weight is 226 g/mol. The van der Waals surface area contributed by atoms with Crippen molar-refractivity contribution in [1.82, 2.24) is 0 Å². The predicted molar refractivity (Wildman–Crippen MR) is 66.1 cm³/mol. The Bertz CT molecular complexity index is 233. The summed E-state index contributed by atoms with van der Waals surface area (Å²) in [5.41, 5.74) is 0. The average Bonchev–Trinajstić information content (AvgIpc) is 2.15. The van der Waals surface area contributed by atoms with Crippen LogP contribution in [0.15, 0.2) is 0 Å². The summed E-state index contributed by atoms with van der Waals surface area (Å²) >= 11 is 0. The highest BCUT2D eigenvalue weighted by molar-refractivity contribution is 5.72. The van der Waals surface area contributed by atoms with Gasteiger partial charge >= 0.3 is 5.97 Å². The molecule has 0 bridgehead atoms. The van der Waals surface area contributed by atoms with Gasteiger partial charge in [-0.1, -0.05) is 20.8 Å². The maximum absolute atomic E-state index is 11.8. The first-order chi connectivity index (χ1) is 7.41. The van der Waals surface area contributed by atoms with Gasteiger partial charge in [0, 0.05) is 0 Å². The summed E-state index contributed by atoms with van der Waals surface area (Å²) in [7, 11) is 0. The Morgan fingerprint density at radius 3 is 2.25 bits per heavy atom. The summed E-state index contributed by atoms with van der Waals surface area (Å²) in [4.78, 5) is 11.8. The number of hydrogen-bond donors (Lipinski definition) is 0. The molecule has 1 rings (SSSR count). The first kappa shape index (κ1) is 13.5. The van der Waals surface area contributed by atoms with E-state index < -0.39 is 0 Å². The van der Waals surface area contributed by atoms with Crippen LogP contribution in [0.2, 0.25) is 0 Å². The van der Waals surface area contributed by atoms with Gasteiger partial charge in [0.05, 0.1) is 12.0 Å². The predicted octanol–water partition coefficient (Wildman–Crippen LogP) is 3.65. The van der Waals surface area contributed by atoms with Crippen molar-refractivity contribution in [2.45, 2.75) is 60.0 Å². The lowest BCUT2D eigenvalue weighted by Crippen LogP contribution is -2.32. The number of carbonyl (C=O) groups is 1. The lowest BCUT2D eigenvalue weighted by molar-refractivity contribution is -0.154. The second-order valence-corrected chi connectivity index (χ2v) is 5.88. The van der Waals surface area contributed by atoms with Gasteiger partial charge in [-0.3, -0.25) is 4.79 Å². The molecule has 0 amide bonds. The fourth-order valence-electron chi connectivity index (χ4n) is 2.95. The zero-order chi connectivity index (χ0) is 12.3. The molecule has 2 heteroatoms. The summed E-state index contributed by atoms with van der Waals surface area (Å²) in [6.45, 7) is 10.7. The highest BCUT2D eigenvalue weighted by atomic mass is 16.5. The Balaban J connectivity index is 2.48. The van der Waals surface area contributed by atoms with Crippen LogP contribution in [0.3, 0.4) is 0 Å². The van der Waals surface area contributed by atoms with Gasteiger partial charge in [0.15, 0.2) is 0 Å². The summed E-state index contributed by atoms with van der Waals surface area (Å²) in [6.07, 6.45) is 3.22. The molecule has 2 unspecified atom stereocenters. The van der Waals surface area contributed by atoms with Gasteiger partial charge in [-0.15, -0.1) is 0 Å². The molecule has 0 aromatic rings. The van der Waals surface area contributed by atoms with E-state index in [1.54, 1.807) is 0 Å². The van der Waals surface area contributed by atoms with Crippen LogP contribution < -0.4 is 0 Å². The van der Waals surface area contributed by atoms with Gasteiger partial charge < -0.3 is 4.74 Å². The SMILES string of the molecule is CC(C)OC(=O)C1CCC(C(C)C)[C@H](C)C1. The molecule has 0 radical (unpaired) electrons. The minimum atomic E-state index is 0.0176. The Morgan fingerprint density at radius 2 is 1.81 bits per heavy atom. The molecule has 16 heavy (non-hydrogen) atoms. The van der Waals surface area contributed by atoms with E-state index in [1.165, 1.54) is 6.42 Å². The van der Waals surface area contributed by atoms with Crippen molar-refractivity contribution in [3.8, 4) is 0 Å². The van der Waals surface area contributed by atoms with Gasteiger partial charge in [-0.2, -0.15) is 0 Å². The van der Waals surface area contributed by atoms with Crippen LogP contribution in [0, 0.1) is 23.7 Å². The molecule has 2 nitrogen and oxygen atoms in total. The molecular formula is C14H26O2. The number of esters is 1. The molecule has 0 aromatic heterocycles. The standard InChI is InChI=1S/C14H26O2/c1-9(2)13-7-6-12(8-11(13)5)14(15)16-10(3)4/h9-13H,6-8H2,1-5H3/t11-,12?,13?/m1/s1. The van der Waals surface area contributed by atoms with E-state index in [0.29, 0.717) is 5.92 Å². The maximum Gasteiger partial charge on any atom is 0.309 e. The normalized spacial score (nSPS) is 30.8. The summed E-state index contributed by atoms with van der Waals surface area (Å²) < 4.78 is 5.29. The molecule has 1 aliphatic rings. The van der Waals surface area contributed by atoms with Gasteiger partial charge in [0.25, 0.3) is 0 Å². The lowest BCUT2D eigenvalue weighted by Gasteiger charge is -2.35. The second kappa shape index (κ2) is 5.70. The van der Waals surface area contributed by atoms with Crippen molar-refractivity contribution in [1.29, 1.82) is 0 Å². The van der Waals surface area contributed by atoms with Crippen molar-refractivity contribution in [3.63, 3.8) is 0 Å². The fraction of sp³-hybridized carbons (Fsp3) is 0.929. The van der Waals surface area contributed by atoms with Crippen molar-refractivity contribution in [2.75, 3.05) is 0 Å². The smallest absolute Gasteiger partial charge is 0.309 e. The van der Waals surface area contributed by atoms with E-state index >= 15 is 0 Å². The van der Waals surface area contributed by atoms with Crippen LogP contribution in [-0.2, 0) is 9.53 Å². The molecule has 0 heterocycles. The third-order valence-corrected chi connectivity index (χ3v) is 3.78. The molecule has 0 aromatic carbocycles. The Hall–Kier alpha value is -0.530. The molecular weight excluding hydrogens is 200 g/mol. The first-order valence-corrected chi connectivity index (χ1v) is 6.62. The number of ether oxygens (including phenoxy) is 1. The van der Waals surface area contributed by atoms with Crippen molar-refractivity contribution < 1.29 is 9.53 Å². The van der Waals surface area contributed by atoms with Crippen LogP contribution in [0.5, 0.6) is 0 Å². The van der Waals surface area contributed by atoms with Gasteiger partial charge in [0.2, 0.25) is 0 Å². The summed E-state index contributed by atoms with van der Waals surface area (Å²) in [6, 6.07) is 0. The molecule has 1 saturated carbocycles. The molecule has 0 N–H and O–H groups in total. The second-order valence-electron chi connectivity index (χ2n) is 5.88. The van der Waals surface area contributed by atoms with E-state index in [4.69, 9.17) is 4.74 Å². The Labute approximate surface area is 99.8 Å². The van der Waals surface area contributed by atoms with Crippen LogP contribution >= 0.6 is 0 Å². The van der Waals surface area contributed by atoms with Crippen molar-refractivity contribution in [3.05, 3.63) is 0 Å². The van der Waals surface area contributed by atoms with Crippen LogP contribution in [0.4, 0.5) is 0 Å². The lowest BCUT2D eigenvalue weighted by atomic mass is 9.70. The summed E-state index contributed by atoms with van der Waals surface area (Å²) in [5.74, 6) is 2.33. The summed E-state index contributed by atoms with van der Waals surface area (Å²) in [5, 5.41) is 0. The largest absolute Gasteiger partial charge is 0.463 e. The molecule has 3 atom stereocenters. The van der Waals surface area contributed by atoms with E-state index in [2.05, 4.69) is 20.8 Å². The van der Waals surface area contributed by atoms with E-state index in [1.807, 2.05) is 13.8 Å². The zero-order valence-corrected chi connectivity index (χ0v) is 11.3. The quantitative estimate of drug-likeness (QED) is 0.687. The topological polar surface area (TPSA) is 26.3 Å². The van der Waals surface area contributed by atoms with Gasteiger partial charge in [-0.25, -0.2) is 0 Å². The molecule has 0 aliphatic heterocycles. The Morgan fingerprint density at radius 1 is 1.19 bits per heavy atom. The highest BCUT2D eigenvalue weighted by Crippen LogP contribution is 2.38. The third kappa shape index (κ3) is 3.50. The zero-order valence-electron chi connectivity index (χ0n) is 11.3. The molecule has 0 spiro atoms. The minimum Gasteiger partial charge on any atom is -0.463 e. The van der Waals surface area contributed by atoms with E-state index in [-0.39, 0.29) is 18.0 Å². The Kier molecular flexibility index (Phi) is 4.82. The minimum absolute atomic E-state index is 0.0176. The third-order valence-electron chi connectivity index (χ3n) is 3.78. The molecule has 0 saturated heterocycles. The van der Waals surface area contributed by atoms with Crippen LogP contribution in [-0.4, -0.2) is 12.1 Å².